The van der Waals surface area contributed by atoms with E-state index in [-0.39, 0.29) is 29.6 Å². The van der Waals surface area contributed by atoms with E-state index in [1.807, 2.05) is 46.8 Å². The molecule has 2 aromatic carbocycles. The van der Waals surface area contributed by atoms with Crippen LogP contribution in [0.2, 0.25) is 0 Å². The van der Waals surface area contributed by atoms with Gasteiger partial charge in [0.1, 0.15) is 6.04 Å². The van der Waals surface area contributed by atoms with Crippen LogP contribution in [0.25, 0.3) is 0 Å². The van der Waals surface area contributed by atoms with E-state index in [4.69, 9.17) is 0 Å². The first-order valence-corrected chi connectivity index (χ1v) is 9.76. The lowest BCUT2D eigenvalue weighted by atomic mass is 10.0. The van der Waals surface area contributed by atoms with Crippen molar-refractivity contribution >= 4 is 29.1 Å². The maximum atomic E-state index is 12.7. The van der Waals surface area contributed by atoms with E-state index in [9.17, 15) is 14.4 Å². The highest BCUT2D eigenvalue weighted by atomic mass is 16.2. The third-order valence-corrected chi connectivity index (χ3v) is 4.46. The number of nitrogens with one attached hydrogen (secondary N) is 3. The van der Waals surface area contributed by atoms with Crippen LogP contribution in [0.4, 0.5) is 11.4 Å². The second kappa shape index (κ2) is 9.87. The molecule has 0 bridgehead atoms. The molecule has 0 heterocycles. The quantitative estimate of drug-likeness (QED) is 0.663. The number of hydrogen-bond donors (Lipinski definition) is 3. The van der Waals surface area contributed by atoms with Gasteiger partial charge in [0.05, 0.1) is 0 Å². The number of anilines is 2. The Morgan fingerprint density at radius 3 is 1.83 bits per heavy atom. The molecule has 3 amide bonds. The van der Waals surface area contributed by atoms with E-state index in [0.29, 0.717) is 16.9 Å². The monoisotopic (exact) mass is 395 g/mol. The Kier molecular flexibility index (Phi) is 7.53. The minimum absolute atomic E-state index is 0.0690. The van der Waals surface area contributed by atoms with E-state index in [1.165, 1.54) is 0 Å². The van der Waals surface area contributed by atoms with E-state index in [0.717, 1.165) is 5.56 Å². The predicted octanol–water partition coefficient (Wildman–Crippen LogP) is 3.98. The Hall–Kier alpha value is -3.15. The van der Waals surface area contributed by atoms with Crippen molar-refractivity contribution < 1.29 is 14.4 Å². The molecule has 0 aliphatic rings. The molecule has 0 aliphatic carbocycles. The van der Waals surface area contributed by atoms with Crippen LogP contribution in [0.5, 0.6) is 0 Å². The van der Waals surface area contributed by atoms with Crippen molar-refractivity contribution in [2.75, 3.05) is 10.6 Å². The molecule has 0 saturated carbocycles. The van der Waals surface area contributed by atoms with E-state index in [1.54, 1.807) is 36.4 Å². The van der Waals surface area contributed by atoms with Crippen LogP contribution in [0.1, 0.15) is 43.6 Å². The molecule has 0 aliphatic heterocycles. The molecule has 1 atom stereocenters. The highest BCUT2D eigenvalue weighted by Gasteiger charge is 2.25. The van der Waals surface area contributed by atoms with Gasteiger partial charge in [0.2, 0.25) is 11.8 Å². The van der Waals surface area contributed by atoms with Crippen LogP contribution in [0.15, 0.2) is 48.5 Å². The van der Waals surface area contributed by atoms with Crippen LogP contribution in [-0.4, -0.2) is 23.8 Å². The number of amides is 3. The Morgan fingerprint density at radius 2 is 1.34 bits per heavy atom. The molecule has 0 fully saturated rings. The first kappa shape index (κ1) is 22.1. The topological polar surface area (TPSA) is 87.3 Å². The molecule has 0 saturated heterocycles. The van der Waals surface area contributed by atoms with Gasteiger partial charge < -0.3 is 16.0 Å². The van der Waals surface area contributed by atoms with Gasteiger partial charge in [-0.2, -0.15) is 0 Å². The fraction of sp³-hybridized carbons (Fsp3) is 0.348. The van der Waals surface area contributed by atoms with Crippen molar-refractivity contribution in [3.8, 4) is 0 Å². The zero-order valence-corrected chi connectivity index (χ0v) is 17.6. The zero-order valence-electron chi connectivity index (χ0n) is 17.6. The molecule has 3 N–H and O–H groups in total. The summed E-state index contributed by atoms with van der Waals surface area (Å²) in [7, 11) is 0. The van der Waals surface area contributed by atoms with Gasteiger partial charge in [-0.25, -0.2) is 0 Å². The Morgan fingerprint density at radius 1 is 0.793 bits per heavy atom. The number of carbonyl (C=O) groups is 3. The van der Waals surface area contributed by atoms with Gasteiger partial charge in [-0.1, -0.05) is 45.4 Å². The fourth-order valence-electron chi connectivity index (χ4n) is 2.69. The molecular weight excluding hydrogens is 366 g/mol. The minimum Gasteiger partial charge on any atom is -0.340 e. The molecule has 29 heavy (non-hydrogen) atoms. The molecule has 6 nitrogen and oxygen atoms in total. The van der Waals surface area contributed by atoms with Gasteiger partial charge in [-0.05, 0) is 49.2 Å². The van der Waals surface area contributed by atoms with E-state index in [2.05, 4.69) is 16.0 Å². The van der Waals surface area contributed by atoms with Gasteiger partial charge in [0.25, 0.3) is 5.91 Å². The largest absolute Gasteiger partial charge is 0.340 e. The maximum absolute atomic E-state index is 12.7. The summed E-state index contributed by atoms with van der Waals surface area (Å²) < 4.78 is 0. The number of hydrogen-bond acceptors (Lipinski definition) is 3. The summed E-state index contributed by atoms with van der Waals surface area (Å²) in [6, 6.07) is 13.4. The van der Waals surface area contributed by atoms with Gasteiger partial charge in [0.15, 0.2) is 0 Å². The minimum atomic E-state index is -0.677. The van der Waals surface area contributed by atoms with Crippen LogP contribution in [0.3, 0.4) is 0 Å². The van der Waals surface area contributed by atoms with Crippen LogP contribution < -0.4 is 16.0 Å². The standard InChI is InChI=1S/C23H29N3O3/c1-14(2)20(26-22(28)17-8-6-7-16(5)13-17)23(29)25-19-11-9-18(10-12-19)24-21(27)15(3)4/h6-15,20H,1-5H3,(H,24,27)(H,25,29)(H,26,28). The van der Waals surface area contributed by atoms with Gasteiger partial charge >= 0.3 is 0 Å². The van der Waals surface area contributed by atoms with Crippen molar-refractivity contribution in [1.29, 1.82) is 0 Å². The summed E-state index contributed by atoms with van der Waals surface area (Å²) in [6.07, 6.45) is 0. The van der Waals surface area contributed by atoms with Crippen molar-refractivity contribution in [2.24, 2.45) is 11.8 Å². The highest BCUT2D eigenvalue weighted by Crippen LogP contribution is 2.16. The summed E-state index contributed by atoms with van der Waals surface area (Å²) in [5.41, 5.74) is 2.75. The van der Waals surface area contributed by atoms with Crippen molar-refractivity contribution in [3.63, 3.8) is 0 Å². The number of rotatable bonds is 7. The average Bonchev–Trinajstić information content (AvgIpc) is 2.66. The maximum Gasteiger partial charge on any atom is 0.251 e. The van der Waals surface area contributed by atoms with Crippen molar-refractivity contribution in [3.05, 3.63) is 59.7 Å². The van der Waals surface area contributed by atoms with E-state index >= 15 is 0 Å². The van der Waals surface area contributed by atoms with Gasteiger partial charge in [-0.15, -0.1) is 0 Å². The molecule has 154 valence electrons. The summed E-state index contributed by atoms with van der Waals surface area (Å²) in [6.45, 7) is 9.31. The van der Waals surface area contributed by atoms with Crippen LogP contribution in [-0.2, 0) is 9.59 Å². The highest BCUT2D eigenvalue weighted by molar-refractivity contribution is 6.01. The number of benzene rings is 2. The van der Waals surface area contributed by atoms with Gasteiger partial charge in [-0.3, -0.25) is 14.4 Å². The summed E-state index contributed by atoms with van der Waals surface area (Å²) in [5, 5.41) is 8.45. The lowest BCUT2D eigenvalue weighted by molar-refractivity contribution is -0.119. The second-order valence-electron chi connectivity index (χ2n) is 7.78. The molecule has 2 aromatic rings. The fourth-order valence-corrected chi connectivity index (χ4v) is 2.69. The summed E-state index contributed by atoms with van der Waals surface area (Å²) in [5.74, 6) is -0.846. The molecule has 0 radical (unpaired) electrons. The molecular formula is C23H29N3O3. The third kappa shape index (κ3) is 6.45. The van der Waals surface area contributed by atoms with Gasteiger partial charge in [0, 0.05) is 22.9 Å². The first-order chi connectivity index (χ1) is 13.7. The molecule has 1 unspecified atom stereocenters. The lowest BCUT2D eigenvalue weighted by Gasteiger charge is -2.22. The predicted molar refractivity (Wildman–Crippen MR) is 116 cm³/mol. The normalized spacial score (nSPS) is 11.8. The van der Waals surface area contributed by atoms with E-state index < -0.39 is 6.04 Å². The summed E-state index contributed by atoms with van der Waals surface area (Å²) in [4.78, 5) is 37.0. The Balaban J connectivity index is 2.04. The van der Waals surface area contributed by atoms with Crippen LogP contribution in [0, 0.1) is 18.8 Å². The molecule has 0 aromatic heterocycles. The second-order valence-corrected chi connectivity index (χ2v) is 7.78. The summed E-state index contributed by atoms with van der Waals surface area (Å²) >= 11 is 0. The van der Waals surface area contributed by atoms with Crippen LogP contribution >= 0.6 is 0 Å². The lowest BCUT2D eigenvalue weighted by Crippen LogP contribution is -2.47. The zero-order chi connectivity index (χ0) is 21.6. The molecule has 6 heteroatoms. The van der Waals surface area contributed by atoms with Crippen molar-refractivity contribution in [1.82, 2.24) is 5.32 Å². The average molecular weight is 396 g/mol. The number of carbonyl (C=O) groups excluding carboxylic acids is 3. The molecule has 2 rings (SSSR count). The Bertz CT molecular complexity index is 873. The SMILES string of the molecule is Cc1cccc(C(=O)NC(C(=O)Nc2ccc(NC(=O)C(C)C)cc2)C(C)C)c1. The molecule has 0 spiro atoms. The number of aryl methyl sites for hydroxylation is 1. The Labute approximate surface area is 172 Å². The van der Waals surface area contributed by atoms with Crippen molar-refractivity contribution in [2.45, 2.75) is 40.7 Å². The first-order valence-electron chi connectivity index (χ1n) is 9.76. The third-order valence-electron chi connectivity index (χ3n) is 4.46. The smallest absolute Gasteiger partial charge is 0.251 e.